The van der Waals surface area contributed by atoms with E-state index < -0.39 is 0 Å². The summed E-state index contributed by atoms with van der Waals surface area (Å²) in [6.07, 6.45) is 4.83. The van der Waals surface area contributed by atoms with E-state index in [1.807, 2.05) is 36.5 Å². The molecule has 2 fully saturated rings. The van der Waals surface area contributed by atoms with Crippen molar-refractivity contribution in [3.63, 3.8) is 0 Å². The van der Waals surface area contributed by atoms with E-state index in [0.29, 0.717) is 37.7 Å². The maximum Gasteiger partial charge on any atom is 0.233 e. The van der Waals surface area contributed by atoms with Crippen molar-refractivity contribution >= 4 is 16.5 Å². The van der Waals surface area contributed by atoms with Crippen molar-refractivity contribution in [3.8, 4) is 17.7 Å². The number of nitrogens with zero attached hydrogens (tertiary/aromatic N) is 4. The Labute approximate surface area is 179 Å². The van der Waals surface area contributed by atoms with E-state index in [9.17, 15) is 5.26 Å². The fourth-order valence-electron chi connectivity index (χ4n) is 4.17. The minimum atomic E-state index is -0.200. The van der Waals surface area contributed by atoms with Gasteiger partial charge in [0, 0.05) is 42.5 Å². The standard InChI is InChI=1S/C23H22N4O4/c1-28-23-18(9-24)19(6-8-26-23)27-11-21-22(12-27)30-14-16(13-29-21)31-20-4-2-3-15-10-25-7-5-17(15)20/h2-8,10,16,21-22H,11-14H2,1H3/t21-,22-/m0/s1. The molecule has 0 amide bonds. The van der Waals surface area contributed by atoms with Gasteiger partial charge < -0.3 is 23.8 Å². The SMILES string of the molecule is COc1nccc(N2C[C@@H]3OCC(Oc4cccc5cnccc45)CO[C@H]3C2)c1C#N. The lowest BCUT2D eigenvalue weighted by atomic mass is 10.1. The lowest BCUT2D eigenvalue weighted by molar-refractivity contribution is -0.00461. The van der Waals surface area contributed by atoms with Gasteiger partial charge in [-0.25, -0.2) is 4.98 Å². The highest BCUT2D eigenvalue weighted by molar-refractivity contribution is 5.87. The number of pyridine rings is 2. The lowest BCUT2D eigenvalue weighted by Crippen LogP contribution is -2.30. The summed E-state index contributed by atoms with van der Waals surface area (Å²) in [5.74, 6) is 1.13. The van der Waals surface area contributed by atoms with Crippen molar-refractivity contribution in [3.05, 3.63) is 54.5 Å². The van der Waals surface area contributed by atoms with Crippen molar-refractivity contribution in [2.75, 3.05) is 38.3 Å². The van der Waals surface area contributed by atoms with Crippen molar-refractivity contribution in [1.29, 1.82) is 5.26 Å². The van der Waals surface area contributed by atoms with Gasteiger partial charge in [-0.2, -0.15) is 5.26 Å². The quantitative estimate of drug-likeness (QED) is 0.639. The van der Waals surface area contributed by atoms with E-state index in [1.165, 1.54) is 7.11 Å². The van der Waals surface area contributed by atoms with Crippen LogP contribution in [0, 0.1) is 11.3 Å². The molecule has 8 heteroatoms. The Kier molecular flexibility index (Phi) is 5.28. The number of fused-ring (bicyclic) bond motifs is 2. The maximum absolute atomic E-state index is 9.56. The molecule has 2 saturated heterocycles. The topological polar surface area (TPSA) is 89.7 Å². The first kappa shape index (κ1) is 19.5. The zero-order valence-corrected chi connectivity index (χ0v) is 17.1. The number of hydrogen-bond acceptors (Lipinski definition) is 8. The van der Waals surface area contributed by atoms with Crippen LogP contribution < -0.4 is 14.4 Å². The maximum atomic E-state index is 9.56. The first-order valence-electron chi connectivity index (χ1n) is 10.2. The van der Waals surface area contributed by atoms with E-state index in [2.05, 4.69) is 20.9 Å². The molecule has 158 valence electrons. The molecular formula is C23H22N4O4. The zero-order valence-electron chi connectivity index (χ0n) is 17.1. The zero-order chi connectivity index (χ0) is 21.2. The molecule has 2 aliphatic rings. The first-order chi connectivity index (χ1) is 15.3. The third kappa shape index (κ3) is 3.74. The van der Waals surface area contributed by atoms with Crippen LogP contribution in [0.15, 0.2) is 48.9 Å². The molecule has 31 heavy (non-hydrogen) atoms. The number of benzene rings is 1. The summed E-state index contributed by atoms with van der Waals surface area (Å²) in [7, 11) is 1.51. The van der Waals surface area contributed by atoms with E-state index in [0.717, 1.165) is 22.2 Å². The van der Waals surface area contributed by atoms with Crippen molar-refractivity contribution in [2.45, 2.75) is 18.3 Å². The van der Waals surface area contributed by atoms with Crippen LogP contribution in [0.1, 0.15) is 5.56 Å². The molecule has 4 heterocycles. The van der Waals surface area contributed by atoms with Gasteiger partial charge in [0.05, 0.1) is 26.0 Å². The Morgan fingerprint density at radius 2 is 1.90 bits per heavy atom. The molecule has 2 atom stereocenters. The molecule has 2 aliphatic heterocycles. The predicted octanol–water partition coefficient (Wildman–Crippen LogP) is 2.56. The highest BCUT2D eigenvalue weighted by Gasteiger charge is 2.39. The summed E-state index contributed by atoms with van der Waals surface area (Å²) in [6.45, 7) is 2.11. The molecular weight excluding hydrogens is 396 g/mol. The summed E-state index contributed by atoms with van der Waals surface area (Å²) in [4.78, 5) is 10.4. The highest BCUT2D eigenvalue weighted by atomic mass is 16.6. The average molecular weight is 418 g/mol. The molecule has 0 unspecified atom stereocenters. The number of ether oxygens (including phenoxy) is 4. The van der Waals surface area contributed by atoms with Crippen LogP contribution in [0.5, 0.6) is 11.6 Å². The van der Waals surface area contributed by atoms with Crippen LogP contribution >= 0.6 is 0 Å². The van der Waals surface area contributed by atoms with Crippen molar-refractivity contribution in [1.82, 2.24) is 9.97 Å². The van der Waals surface area contributed by atoms with E-state index in [-0.39, 0.29) is 18.3 Å². The number of hydrogen-bond donors (Lipinski definition) is 0. The molecule has 0 aliphatic carbocycles. The summed E-state index contributed by atoms with van der Waals surface area (Å²) in [5, 5.41) is 11.6. The number of rotatable bonds is 4. The Morgan fingerprint density at radius 1 is 1.10 bits per heavy atom. The fourth-order valence-corrected chi connectivity index (χ4v) is 4.17. The fraction of sp³-hybridized carbons (Fsp3) is 0.348. The Bertz CT molecular complexity index is 1110. The van der Waals surface area contributed by atoms with E-state index in [4.69, 9.17) is 18.9 Å². The van der Waals surface area contributed by atoms with E-state index >= 15 is 0 Å². The van der Waals surface area contributed by atoms with Gasteiger partial charge in [0.1, 0.15) is 35.7 Å². The molecule has 0 spiro atoms. The van der Waals surface area contributed by atoms with Crippen LogP contribution in [0.3, 0.4) is 0 Å². The molecule has 3 aromatic rings. The average Bonchev–Trinajstić information content (AvgIpc) is 3.14. The van der Waals surface area contributed by atoms with Gasteiger partial charge in [-0.05, 0) is 18.2 Å². The molecule has 2 aromatic heterocycles. The van der Waals surface area contributed by atoms with E-state index in [1.54, 1.807) is 12.4 Å². The molecule has 8 nitrogen and oxygen atoms in total. The second-order valence-corrected chi connectivity index (χ2v) is 7.57. The largest absolute Gasteiger partial charge is 0.485 e. The van der Waals surface area contributed by atoms with Crippen LogP contribution in [0.25, 0.3) is 10.8 Å². The Balaban J connectivity index is 1.28. The van der Waals surface area contributed by atoms with Crippen molar-refractivity contribution < 1.29 is 18.9 Å². The van der Waals surface area contributed by atoms with Gasteiger partial charge in [0.15, 0.2) is 0 Å². The summed E-state index contributed by atoms with van der Waals surface area (Å²) in [5.41, 5.74) is 1.21. The molecule has 1 aromatic carbocycles. The minimum absolute atomic E-state index is 0.101. The van der Waals surface area contributed by atoms with Gasteiger partial charge >= 0.3 is 0 Å². The van der Waals surface area contributed by atoms with Gasteiger partial charge in [-0.15, -0.1) is 0 Å². The third-order valence-corrected chi connectivity index (χ3v) is 5.68. The smallest absolute Gasteiger partial charge is 0.233 e. The Hall–Kier alpha value is -3.41. The highest BCUT2D eigenvalue weighted by Crippen LogP contribution is 2.32. The lowest BCUT2D eigenvalue weighted by Gasteiger charge is -2.22. The molecule has 0 radical (unpaired) electrons. The molecule has 5 rings (SSSR count). The molecule has 0 saturated carbocycles. The van der Waals surface area contributed by atoms with Gasteiger partial charge in [-0.1, -0.05) is 12.1 Å². The summed E-state index contributed by atoms with van der Waals surface area (Å²) >= 11 is 0. The monoisotopic (exact) mass is 418 g/mol. The summed E-state index contributed by atoms with van der Waals surface area (Å²) in [6, 6.07) is 11.9. The van der Waals surface area contributed by atoms with Gasteiger partial charge in [-0.3, -0.25) is 4.98 Å². The van der Waals surface area contributed by atoms with Crippen LogP contribution in [-0.4, -0.2) is 61.7 Å². The number of anilines is 1. The number of nitriles is 1. The second kappa shape index (κ2) is 8.38. The van der Waals surface area contributed by atoms with Gasteiger partial charge in [0.2, 0.25) is 5.88 Å². The van der Waals surface area contributed by atoms with Crippen molar-refractivity contribution in [2.24, 2.45) is 0 Å². The first-order valence-corrected chi connectivity index (χ1v) is 10.2. The third-order valence-electron chi connectivity index (χ3n) is 5.68. The minimum Gasteiger partial charge on any atom is -0.485 e. The van der Waals surface area contributed by atoms with Gasteiger partial charge in [0.25, 0.3) is 0 Å². The summed E-state index contributed by atoms with van der Waals surface area (Å²) < 4.78 is 23.8. The van der Waals surface area contributed by atoms with Crippen LogP contribution in [-0.2, 0) is 9.47 Å². The van der Waals surface area contributed by atoms with Crippen LogP contribution in [0.2, 0.25) is 0 Å². The number of methoxy groups -OCH3 is 1. The second-order valence-electron chi connectivity index (χ2n) is 7.57. The normalized spacial score (nSPS) is 21.4. The van der Waals surface area contributed by atoms with Crippen LogP contribution in [0.4, 0.5) is 5.69 Å². The molecule has 0 N–H and O–H groups in total. The number of aromatic nitrogens is 2. The Morgan fingerprint density at radius 3 is 2.65 bits per heavy atom. The molecule has 0 bridgehead atoms. The predicted molar refractivity (Wildman–Crippen MR) is 113 cm³/mol.